The molecular formula is C17H22N2O6. The van der Waals surface area contributed by atoms with Crippen molar-refractivity contribution in [1.29, 1.82) is 0 Å². The van der Waals surface area contributed by atoms with Gasteiger partial charge in [-0.25, -0.2) is 9.59 Å². The number of amides is 2. The predicted octanol–water partition coefficient (Wildman–Crippen LogP) is 1.76. The lowest BCUT2D eigenvalue weighted by molar-refractivity contribution is -0.170. The molecule has 0 radical (unpaired) electrons. The summed E-state index contributed by atoms with van der Waals surface area (Å²) in [5, 5.41) is 2.64. The van der Waals surface area contributed by atoms with Crippen molar-refractivity contribution in [2.24, 2.45) is 0 Å². The van der Waals surface area contributed by atoms with E-state index in [1.165, 1.54) is 11.2 Å². The second-order valence-electron chi connectivity index (χ2n) is 7.19. The summed E-state index contributed by atoms with van der Waals surface area (Å²) in [7, 11) is 0. The smallest absolute Gasteiger partial charge is 0.411 e. The summed E-state index contributed by atoms with van der Waals surface area (Å²) >= 11 is 0. The molecule has 2 saturated heterocycles. The minimum atomic E-state index is -0.945. The van der Waals surface area contributed by atoms with Gasteiger partial charge in [-0.15, -0.1) is 0 Å². The summed E-state index contributed by atoms with van der Waals surface area (Å²) < 4.78 is 15.9. The number of ether oxygens (including phenoxy) is 2. The molecule has 2 aliphatic rings. The van der Waals surface area contributed by atoms with Crippen LogP contribution in [0.5, 0.6) is 0 Å². The molecule has 0 aliphatic carbocycles. The van der Waals surface area contributed by atoms with Crippen LogP contribution in [0.3, 0.4) is 0 Å². The van der Waals surface area contributed by atoms with Gasteiger partial charge in [0, 0.05) is 6.54 Å². The van der Waals surface area contributed by atoms with Gasteiger partial charge in [-0.3, -0.25) is 9.69 Å². The van der Waals surface area contributed by atoms with E-state index in [0.717, 1.165) is 0 Å². The number of nitrogens with one attached hydrogen (secondary N) is 1. The summed E-state index contributed by atoms with van der Waals surface area (Å²) in [4.78, 5) is 37.9. The molecule has 0 unspecified atom stereocenters. The van der Waals surface area contributed by atoms with Crippen molar-refractivity contribution >= 4 is 18.0 Å². The molecule has 2 amide bonds. The zero-order valence-corrected chi connectivity index (χ0v) is 14.5. The Morgan fingerprint density at radius 3 is 2.72 bits per heavy atom. The van der Waals surface area contributed by atoms with Crippen LogP contribution in [0.25, 0.3) is 0 Å². The normalized spacial score (nSPS) is 26.0. The highest BCUT2D eigenvalue weighted by atomic mass is 16.6. The van der Waals surface area contributed by atoms with Crippen LogP contribution in [-0.2, 0) is 19.1 Å². The molecule has 0 spiro atoms. The highest BCUT2D eigenvalue weighted by Gasteiger charge is 2.47. The van der Waals surface area contributed by atoms with Crippen molar-refractivity contribution in [3.63, 3.8) is 0 Å². The van der Waals surface area contributed by atoms with Gasteiger partial charge in [0.2, 0.25) is 6.10 Å². The first-order chi connectivity index (χ1) is 11.8. The standard InChI is InChI=1S/C17H22N2O6/c1-17(2,3)25-16(22)19-8-4-6-10(19)15(21)24-13-12(18-14(13)20)11-7-5-9-23-11/h5,7,9-10,12-13H,4,6,8H2,1-3H3,(H,18,20)/t10-,12-,13+/m0/s1. The van der Waals surface area contributed by atoms with Gasteiger partial charge >= 0.3 is 12.1 Å². The molecule has 25 heavy (non-hydrogen) atoms. The third-order valence-electron chi connectivity index (χ3n) is 4.10. The molecule has 0 aromatic carbocycles. The van der Waals surface area contributed by atoms with E-state index in [1.807, 2.05) is 0 Å². The Morgan fingerprint density at radius 1 is 1.36 bits per heavy atom. The van der Waals surface area contributed by atoms with Crippen molar-refractivity contribution in [1.82, 2.24) is 10.2 Å². The fourth-order valence-electron chi connectivity index (χ4n) is 2.93. The quantitative estimate of drug-likeness (QED) is 0.659. The molecule has 8 nitrogen and oxygen atoms in total. The molecule has 1 N–H and O–H groups in total. The van der Waals surface area contributed by atoms with Gasteiger partial charge in [-0.1, -0.05) is 0 Å². The average molecular weight is 350 g/mol. The summed E-state index contributed by atoms with van der Waals surface area (Å²) in [6.45, 7) is 5.72. The van der Waals surface area contributed by atoms with Gasteiger partial charge in [0.15, 0.2) is 0 Å². The summed E-state index contributed by atoms with van der Waals surface area (Å²) in [5.74, 6) is -0.454. The van der Waals surface area contributed by atoms with Gasteiger partial charge in [-0.2, -0.15) is 0 Å². The maximum Gasteiger partial charge on any atom is 0.411 e. The minimum absolute atomic E-state index is 0.378. The Morgan fingerprint density at radius 2 is 2.12 bits per heavy atom. The lowest BCUT2D eigenvalue weighted by Crippen LogP contribution is -2.59. The molecule has 2 fully saturated rings. The number of hydrogen-bond acceptors (Lipinski definition) is 6. The number of hydrogen-bond donors (Lipinski definition) is 1. The number of β-lactam (4-membered cyclic amide) rings is 1. The maximum absolute atomic E-state index is 12.5. The van der Waals surface area contributed by atoms with Crippen LogP contribution in [-0.4, -0.2) is 47.2 Å². The lowest BCUT2D eigenvalue weighted by atomic mass is 9.99. The van der Waals surface area contributed by atoms with Crippen molar-refractivity contribution in [2.45, 2.75) is 57.4 Å². The highest BCUT2D eigenvalue weighted by Crippen LogP contribution is 2.29. The second-order valence-corrected chi connectivity index (χ2v) is 7.19. The van der Waals surface area contributed by atoms with Gasteiger partial charge in [0.1, 0.15) is 23.4 Å². The Bertz CT molecular complexity index is 663. The number of rotatable bonds is 3. The largest absolute Gasteiger partial charge is 0.467 e. The summed E-state index contributed by atoms with van der Waals surface area (Å²) in [6, 6.07) is 2.16. The Labute approximate surface area is 145 Å². The van der Waals surface area contributed by atoms with E-state index in [9.17, 15) is 14.4 Å². The van der Waals surface area contributed by atoms with E-state index in [-0.39, 0.29) is 5.91 Å². The van der Waals surface area contributed by atoms with Gasteiger partial charge in [0.25, 0.3) is 5.91 Å². The Balaban J connectivity index is 1.64. The molecule has 1 aromatic heterocycles. The number of carbonyl (C=O) groups excluding carboxylic acids is 3. The van der Waals surface area contributed by atoms with Crippen LogP contribution >= 0.6 is 0 Å². The highest BCUT2D eigenvalue weighted by molar-refractivity contribution is 5.92. The maximum atomic E-state index is 12.5. The van der Waals surface area contributed by atoms with Crippen molar-refractivity contribution in [2.75, 3.05) is 6.54 Å². The molecule has 3 rings (SSSR count). The van der Waals surface area contributed by atoms with E-state index in [2.05, 4.69) is 5.32 Å². The number of esters is 1. The fourth-order valence-corrected chi connectivity index (χ4v) is 2.93. The van der Waals surface area contributed by atoms with E-state index in [1.54, 1.807) is 32.9 Å². The molecule has 1 aromatic rings. The molecule has 3 heterocycles. The number of likely N-dealkylation sites (tertiary alicyclic amines) is 1. The summed E-state index contributed by atoms with van der Waals surface area (Å²) in [6.07, 6.45) is 1.15. The topological polar surface area (TPSA) is 98.1 Å². The van der Waals surface area contributed by atoms with Crippen molar-refractivity contribution in [3.8, 4) is 0 Å². The van der Waals surface area contributed by atoms with Crippen LogP contribution < -0.4 is 5.32 Å². The summed E-state index contributed by atoms with van der Waals surface area (Å²) in [5.41, 5.74) is -0.646. The van der Waals surface area contributed by atoms with Crippen molar-refractivity contribution in [3.05, 3.63) is 24.2 Å². The zero-order valence-electron chi connectivity index (χ0n) is 14.5. The Hall–Kier alpha value is -2.51. The Kier molecular flexibility index (Phi) is 4.45. The first kappa shape index (κ1) is 17.3. The molecule has 136 valence electrons. The molecule has 8 heteroatoms. The van der Waals surface area contributed by atoms with Crippen LogP contribution in [0, 0.1) is 0 Å². The van der Waals surface area contributed by atoms with E-state index < -0.39 is 35.9 Å². The van der Waals surface area contributed by atoms with Gasteiger partial charge < -0.3 is 19.2 Å². The third kappa shape index (κ3) is 3.62. The van der Waals surface area contributed by atoms with E-state index in [0.29, 0.717) is 25.1 Å². The van der Waals surface area contributed by atoms with Crippen LogP contribution in [0.1, 0.15) is 45.4 Å². The van der Waals surface area contributed by atoms with Crippen LogP contribution in [0.2, 0.25) is 0 Å². The zero-order chi connectivity index (χ0) is 18.2. The van der Waals surface area contributed by atoms with Gasteiger partial charge in [0.05, 0.1) is 6.26 Å². The SMILES string of the molecule is CC(C)(C)OC(=O)N1CCC[C@H]1C(=O)O[C@H]1C(=O)N[C@H]1c1ccco1. The van der Waals surface area contributed by atoms with E-state index in [4.69, 9.17) is 13.9 Å². The molecular weight excluding hydrogens is 328 g/mol. The van der Waals surface area contributed by atoms with Crippen LogP contribution in [0.4, 0.5) is 4.79 Å². The first-order valence-electron chi connectivity index (χ1n) is 8.30. The molecule has 0 bridgehead atoms. The number of furan rings is 1. The van der Waals surface area contributed by atoms with Gasteiger partial charge in [-0.05, 0) is 45.7 Å². The van der Waals surface area contributed by atoms with Crippen molar-refractivity contribution < 1.29 is 28.3 Å². The first-order valence-corrected chi connectivity index (χ1v) is 8.30. The number of carbonyl (C=O) groups is 3. The van der Waals surface area contributed by atoms with Crippen LogP contribution in [0.15, 0.2) is 22.8 Å². The monoisotopic (exact) mass is 350 g/mol. The molecule has 0 saturated carbocycles. The van der Waals surface area contributed by atoms with E-state index >= 15 is 0 Å². The third-order valence-corrected chi connectivity index (χ3v) is 4.10. The second kappa shape index (κ2) is 6.42. The molecule has 3 atom stereocenters. The minimum Gasteiger partial charge on any atom is -0.467 e. The predicted molar refractivity (Wildman–Crippen MR) is 85.4 cm³/mol. The molecule has 2 aliphatic heterocycles. The number of nitrogens with zero attached hydrogens (tertiary/aromatic N) is 1. The lowest BCUT2D eigenvalue weighted by Gasteiger charge is -2.35. The average Bonchev–Trinajstić information content (AvgIpc) is 3.18. The fraction of sp³-hybridized carbons (Fsp3) is 0.588.